The Bertz CT molecular complexity index is 384. The summed E-state index contributed by atoms with van der Waals surface area (Å²) >= 11 is 0. The van der Waals surface area contributed by atoms with Crippen LogP contribution < -0.4 is 5.32 Å². The minimum atomic E-state index is -0.762. The SMILES string of the molecule is COCCC1(C(=O)NCC2(C(=O)O)CCCCC2)CCC1. The molecule has 0 aliphatic heterocycles. The largest absolute Gasteiger partial charge is 0.481 e. The number of nitrogens with one attached hydrogen (secondary N) is 1. The third-order valence-corrected chi connectivity index (χ3v) is 5.43. The molecule has 0 saturated heterocycles. The number of methoxy groups -OCH3 is 1. The molecule has 0 aromatic heterocycles. The van der Waals surface area contributed by atoms with E-state index < -0.39 is 11.4 Å². The number of ether oxygens (including phenoxy) is 1. The third-order valence-electron chi connectivity index (χ3n) is 5.43. The highest BCUT2D eigenvalue weighted by atomic mass is 16.5. The molecule has 21 heavy (non-hydrogen) atoms. The lowest BCUT2D eigenvalue weighted by atomic mass is 9.65. The standard InChI is InChI=1S/C16H27NO4/c1-21-11-10-15(8-5-9-15)13(18)17-12-16(14(19)20)6-3-2-4-7-16/h2-12H2,1H3,(H,17,18)(H,19,20). The molecule has 2 saturated carbocycles. The smallest absolute Gasteiger partial charge is 0.311 e. The number of amides is 1. The quantitative estimate of drug-likeness (QED) is 0.756. The van der Waals surface area contributed by atoms with E-state index in [1.807, 2.05) is 0 Å². The Kier molecular flexibility index (Phi) is 5.25. The topological polar surface area (TPSA) is 75.6 Å². The number of carboxylic acids is 1. The molecule has 1 amide bonds. The van der Waals surface area contributed by atoms with Gasteiger partial charge >= 0.3 is 5.97 Å². The van der Waals surface area contributed by atoms with Crippen LogP contribution in [0.25, 0.3) is 0 Å². The molecule has 0 heterocycles. The summed E-state index contributed by atoms with van der Waals surface area (Å²) in [6.07, 6.45) is 7.91. The number of carboxylic acid groups (broad SMARTS) is 1. The molecule has 2 fully saturated rings. The van der Waals surface area contributed by atoms with Crippen molar-refractivity contribution in [3.63, 3.8) is 0 Å². The monoisotopic (exact) mass is 297 g/mol. The van der Waals surface area contributed by atoms with Gasteiger partial charge in [-0.3, -0.25) is 9.59 Å². The molecule has 0 aromatic carbocycles. The van der Waals surface area contributed by atoms with Crippen LogP contribution in [0, 0.1) is 10.8 Å². The molecule has 0 bridgehead atoms. The van der Waals surface area contributed by atoms with Crippen LogP contribution in [-0.2, 0) is 14.3 Å². The van der Waals surface area contributed by atoms with Crippen LogP contribution in [0.2, 0.25) is 0 Å². The van der Waals surface area contributed by atoms with Crippen molar-refractivity contribution in [1.29, 1.82) is 0 Å². The predicted molar refractivity (Wildman–Crippen MR) is 78.9 cm³/mol. The molecule has 2 aliphatic rings. The molecule has 0 spiro atoms. The van der Waals surface area contributed by atoms with E-state index in [0.29, 0.717) is 19.4 Å². The normalized spacial score (nSPS) is 23.1. The van der Waals surface area contributed by atoms with Crippen LogP contribution in [0.1, 0.15) is 57.8 Å². The van der Waals surface area contributed by atoms with Gasteiger partial charge in [0.15, 0.2) is 0 Å². The van der Waals surface area contributed by atoms with Gasteiger partial charge in [-0.15, -0.1) is 0 Å². The number of hydrogen-bond acceptors (Lipinski definition) is 3. The summed E-state index contributed by atoms with van der Waals surface area (Å²) in [7, 11) is 1.64. The zero-order valence-electron chi connectivity index (χ0n) is 13.0. The van der Waals surface area contributed by atoms with E-state index in [1.165, 1.54) is 0 Å². The maximum atomic E-state index is 12.5. The van der Waals surface area contributed by atoms with Gasteiger partial charge in [0, 0.05) is 20.3 Å². The molecule has 5 heteroatoms. The average molecular weight is 297 g/mol. The first-order valence-electron chi connectivity index (χ1n) is 8.05. The summed E-state index contributed by atoms with van der Waals surface area (Å²) in [5.41, 5.74) is -1.07. The van der Waals surface area contributed by atoms with Crippen molar-refractivity contribution in [1.82, 2.24) is 5.32 Å². The van der Waals surface area contributed by atoms with Gasteiger partial charge in [0.1, 0.15) is 0 Å². The highest BCUT2D eigenvalue weighted by molar-refractivity contribution is 5.84. The lowest BCUT2D eigenvalue weighted by Crippen LogP contribution is -2.51. The van der Waals surface area contributed by atoms with Crippen LogP contribution in [-0.4, -0.2) is 37.2 Å². The Morgan fingerprint density at radius 2 is 1.67 bits per heavy atom. The molecule has 120 valence electrons. The van der Waals surface area contributed by atoms with Crippen LogP contribution in [0.4, 0.5) is 0 Å². The molecule has 0 radical (unpaired) electrons. The Hall–Kier alpha value is -1.10. The van der Waals surface area contributed by atoms with Gasteiger partial charge in [-0.25, -0.2) is 0 Å². The molecule has 0 aromatic rings. The van der Waals surface area contributed by atoms with Crippen molar-refractivity contribution < 1.29 is 19.4 Å². The molecule has 5 nitrogen and oxygen atoms in total. The number of rotatable bonds is 7. The van der Waals surface area contributed by atoms with Crippen LogP contribution in [0.15, 0.2) is 0 Å². The van der Waals surface area contributed by atoms with Gasteiger partial charge in [-0.2, -0.15) is 0 Å². The highest BCUT2D eigenvalue weighted by Gasteiger charge is 2.45. The number of aliphatic carboxylic acids is 1. The molecule has 2 rings (SSSR count). The third kappa shape index (κ3) is 3.39. The van der Waals surface area contributed by atoms with E-state index >= 15 is 0 Å². The van der Waals surface area contributed by atoms with E-state index in [4.69, 9.17) is 4.74 Å². The van der Waals surface area contributed by atoms with Crippen molar-refractivity contribution in [2.75, 3.05) is 20.3 Å². The van der Waals surface area contributed by atoms with Gasteiger partial charge in [0.05, 0.1) is 10.8 Å². The van der Waals surface area contributed by atoms with E-state index in [9.17, 15) is 14.7 Å². The van der Waals surface area contributed by atoms with Gasteiger partial charge in [0.25, 0.3) is 0 Å². The Balaban J connectivity index is 1.93. The summed E-state index contributed by atoms with van der Waals surface area (Å²) in [6, 6.07) is 0. The van der Waals surface area contributed by atoms with Gasteiger partial charge in [0.2, 0.25) is 5.91 Å². The van der Waals surface area contributed by atoms with Crippen LogP contribution in [0.3, 0.4) is 0 Å². The predicted octanol–water partition coefficient (Wildman–Crippen LogP) is 2.34. The second-order valence-corrected chi connectivity index (χ2v) is 6.71. The van der Waals surface area contributed by atoms with Crippen molar-refractivity contribution in [3.05, 3.63) is 0 Å². The molecule has 0 unspecified atom stereocenters. The minimum Gasteiger partial charge on any atom is -0.481 e. The van der Waals surface area contributed by atoms with Crippen molar-refractivity contribution >= 4 is 11.9 Å². The zero-order valence-corrected chi connectivity index (χ0v) is 13.0. The fourth-order valence-electron chi connectivity index (χ4n) is 3.62. The maximum absolute atomic E-state index is 12.5. The fourth-order valence-corrected chi connectivity index (χ4v) is 3.62. The second-order valence-electron chi connectivity index (χ2n) is 6.71. The van der Waals surface area contributed by atoms with Gasteiger partial charge < -0.3 is 15.2 Å². The molecular weight excluding hydrogens is 270 g/mol. The summed E-state index contributed by atoms with van der Waals surface area (Å²) in [5, 5.41) is 12.5. The Labute approximate surface area is 126 Å². The lowest BCUT2D eigenvalue weighted by Gasteiger charge is -2.41. The second kappa shape index (κ2) is 6.77. The van der Waals surface area contributed by atoms with Gasteiger partial charge in [-0.1, -0.05) is 25.7 Å². The first-order chi connectivity index (χ1) is 10.0. The lowest BCUT2D eigenvalue weighted by molar-refractivity contribution is -0.151. The van der Waals surface area contributed by atoms with Gasteiger partial charge in [-0.05, 0) is 32.1 Å². The highest BCUT2D eigenvalue weighted by Crippen LogP contribution is 2.44. The molecule has 2 aliphatic carbocycles. The summed E-state index contributed by atoms with van der Waals surface area (Å²) in [5.74, 6) is -0.737. The maximum Gasteiger partial charge on any atom is 0.311 e. The van der Waals surface area contributed by atoms with E-state index in [0.717, 1.165) is 44.9 Å². The van der Waals surface area contributed by atoms with Crippen LogP contribution in [0.5, 0.6) is 0 Å². The summed E-state index contributed by atoms with van der Waals surface area (Å²) in [6.45, 7) is 0.855. The minimum absolute atomic E-state index is 0.0250. The van der Waals surface area contributed by atoms with Crippen molar-refractivity contribution in [3.8, 4) is 0 Å². The number of hydrogen-bond donors (Lipinski definition) is 2. The van der Waals surface area contributed by atoms with E-state index in [1.54, 1.807) is 7.11 Å². The van der Waals surface area contributed by atoms with Crippen molar-refractivity contribution in [2.24, 2.45) is 10.8 Å². The van der Waals surface area contributed by atoms with E-state index in [2.05, 4.69) is 5.32 Å². The summed E-state index contributed by atoms with van der Waals surface area (Å²) in [4.78, 5) is 24.1. The van der Waals surface area contributed by atoms with E-state index in [-0.39, 0.29) is 17.9 Å². The first kappa shape index (κ1) is 16.3. The number of carbonyl (C=O) groups excluding carboxylic acids is 1. The average Bonchev–Trinajstić information content (AvgIpc) is 2.45. The first-order valence-corrected chi connectivity index (χ1v) is 8.05. The molecular formula is C16H27NO4. The van der Waals surface area contributed by atoms with Crippen molar-refractivity contribution in [2.45, 2.75) is 57.8 Å². The summed E-state index contributed by atoms with van der Waals surface area (Å²) < 4.78 is 5.10. The van der Waals surface area contributed by atoms with Crippen LogP contribution >= 0.6 is 0 Å². The zero-order chi connectivity index (χ0) is 15.3. The molecule has 0 atom stereocenters. The molecule has 2 N–H and O–H groups in total. The Morgan fingerprint density at radius 3 is 2.14 bits per heavy atom. The Morgan fingerprint density at radius 1 is 1.05 bits per heavy atom. The number of carbonyl (C=O) groups is 2. The fraction of sp³-hybridized carbons (Fsp3) is 0.875.